The molecule has 2 heterocycles. The van der Waals surface area contributed by atoms with Gasteiger partial charge < -0.3 is 9.64 Å². The van der Waals surface area contributed by atoms with Crippen LogP contribution in [0, 0.1) is 0 Å². The van der Waals surface area contributed by atoms with E-state index in [1.165, 1.54) is 6.08 Å². The number of hydrogen-bond donors (Lipinski definition) is 2. The van der Waals surface area contributed by atoms with Crippen LogP contribution < -0.4 is 20.3 Å². The summed E-state index contributed by atoms with van der Waals surface area (Å²) in [7, 11) is 1.58. The summed E-state index contributed by atoms with van der Waals surface area (Å²) in [6.07, 6.45) is 3.76. The van der Waals surface area contributed by atoms with Crippen molar-refractivity contribution in [2.75, 3.05) is 18.6 Å². The number of thiocarbonyl (C=S) groups is 1. The number of fused-ring (bicyclic) bond motifs is 1. The predicted octanol–water partition coefficient (Wildman–Crippen LogP) is 2.63. The van der Waals surface area contributed by atoms with Crippen LogP contribution in [0.4, 0.5) is 5.69 Å². The Morgan fingerprint density at radius 1 is 1.22 bits per heavy atom. The fourth-order valence-corrected chi connectivity index (χ4v) is 3.94. The van der Waals surface area contributed by atoms with E-state index in [2.05, 4.69) is 49.3 Å². The normalized spacial score (nSPS) is 18.4. The molecule has 7 heteroatoms. The summed E-state index contributed by atoms with van der Waals surface area (Å²) < 4.78 is 5.56. The minimum absolute atomic E-state index is 0.00744. The lowest BCUT2D eigenvalue weighted by atomic mass is 9.87. The van der Waals surface area contributed by atoms with Crippen molar-refractivity contribution in [2.45, 2.75) is 33.2 Å². The van der Waals surface area contributed by atoms with Gasteiger partial charge in [0.2, 0.25) is 0 Å². The fourth-order valence-electron chi connectivity index (χ4n) is 3.75. The number of anilines is 1. The van der Waals surface area contributed by atoms with Gasteiger partial charge in [-0.1, -0.05) is 6.08 Å². The van der Waals surface area contributed by atoms with Gasteiger partial charge in [-0.3, -0.25) is 20.2 Å². The Balaban J connectivity index is 2.16. The summed E-state index contributed by atoms with van der Waals surface area (Å²) in [6, 6.07) is 3.92. The second-order valence-electron chi connectivity index (χ2n) is 7.13. The second kappa shape index (κ2) is 6.81. The maximum absolute atomic E-state index is 12.2. The first-order chi connectivity index (χ1) is 12.7. The van der Waals surface area contributed by atoms with Crippen LogP contribution in [0.5, 0.6) is 5.75 Å². The van der Waals surface area contributed by atoms with E-state index in [4.69, 9.17) is 17.0 Å². The summed E-state index contributed by atoms with van der Waals surface area (Å²) >= 11 is 4.84. The van der Waals surface area contributed by atoms with Crippen molar-refractivity contribution in [3.8, 4) is 5.75 Å². The molecule has 27 heavy (non-hydrogen) atoms. The highest BCUT2D eigenvalue weighted by Gasteiger charge is 2.32. The van der Waals surface area contributed by atoms with Crippen molar-refractivity contribution in [2.24, 2.45) is 0 Å². The molecular formula is C20H23N3O3S. The molecule has 1 fully saturated rings. The largest absolute Gasteiger partial charge is 0.496 e. The molecule has 2 aliphatic heterocycles. The Morgan fingerprint density at radius 3 is 2.41 bits per heavy atom. The summed E-state index contributed by atoms with van der Waals surface area (Å²) in [4.78, 5) is 26.6. The molecule has 0 atom stereocenters. The number of allylic oxidation sites excluding steroid dienone is 1. The zero-order valence-corrected chi connectivity index (χ0v) is 16.9. The lowest BCUT2D eigenvalue weighted by molar-refractivity contribution is -0.123. The van der Waals surface area contributed by atoms with Crippen LogP contribution in [0.2, 0.25) is 0 Å². The molecule has 3 rings (SSSR count). The maximum Gasteiger partial charge on any atom is 0.263 e. The van der Waals surface area contributed by atoms with Crippen LogP contribution in [0.15, 0.2) is 23.8 Å². The van der Waals surface area contributed by atoms with E-state index in [1.54, 1.807) is 7.11 Å². The zero-order valence-electron chi connectivity index (χ0n) is 16.1. The van der Waals surface area contributed by atoms with Gasteiger partial charge in [-0.05, 0) is 57.6 Å². The first-order valence-electron chi connectivity index (χ1n) is 8.75. The number of ether oxygens (including phenoxy) is 1. The molecule has 2 amide bonds. The van der Waals surface area contributed by atoms with Gasteiger partial charge in [0.15, 0.2) is 5.11 Å². The van der Waals surface area contributed by atoms with E-state index in [9.17, 15) is 9.59 Å². The first-order valence-corrected chi connectivity index (χ1v) is 9.16. The lowest BCUT2D eigenvalue weighted by Gasteiger charge is -2.43. The van der Waals surface area contributed by atoms with Crippen molar-refractivity contribution >= 4 is 46.5 Å². The lowest BCUT2D eigenvalue weighted by Crippen LogP contribution is -2.51. The molecule has 0 aliphatic carbocycles. The van der Waals surface area contributed by atoms with Gasteiger partial charge in [0.25, 0.3) is 11.8 Å². The van der Waals surface area contributed by atoms with Gasteiger partial charge in [-0.2, -0.15) is 0 Å². The molecule has 0 bridgehead atoms. The fraction of sp³-hybridized carbons (Fsp3) is 0.350. The number of nitrogens with one attached hydrogen (secondary N) is 2. The van der Waals surface area contributed by atoms with E-state index >= 15 is 0 Å². The summed E-state index contributed by atoms with van der Waals surface area (Å²) in [5.74, 6) is -0.446. The average Bonchev–Trinajstić information content (AvgIpc) is 2.57. The van der Waals surface area contributed by atoms with Crippen LogP contribution in [0.1, 0.15) is 38.8 Å². The van der Waals surface area contributed by atoms with Crippen LogP contribution in [0.3, 0.4) is 0 Å². The number of methoxy groups -OCH3 is 1. The molecule has 0 saturated carbocycles. The summed E-state index contributed by atoms with van der Waals surface area (Å²) in [5.41, 5.74) is 3.80. The number of benzene rings is 1. The van der Waals surface area contributed by atoms with E-state index in [0.29, 0.717) is 11.3 Å². The molecule has 0 aromatic heterocycles. The van der Waals surface area contributed by atoms with E-state index in [1.807, 2.05) is 12.1 Å². The SMILES string of the molecule is CCN1c2cc(OC)c(C=C3C(=O)NC(=S)NC3=O)cc2C(C)=CC1(C)C. The molecule has 1 aromatic rings. The van der Waals surface area contributed by atoms with Crippen molar-refractivity contribution in [3.05, 3.63) is 34.9 Å². The highest BCUT2D eigenvalue weighted by molar-refractivity contribution is 7.80. The Kier molecular flexibility index (Phi) is 4.82. The number of amides is 2. The zero-order chi connectivity index (χ0) is 19.9. The molecule has 0 radical (unpaired) electrons. The van der Waals surface area contributed by atoms with Crippen molar-refractivity contribution in [1.82, 2.24) is 10.6 Å². The Hall–Kier alpha value is -2.67. The Morgan fingerprint density at radius 2 is 1.85 bits per heavy atom. The average molecular weight is 385 g/mol. The Bertz CT molecular complexity index is 893. The van der Waals surface area contributed by atoms with Gasteiger partial charge >= 0.3 is 0 Å². The molecule has 0 spiro atoms. The smallest absolute Gasteiger partial charge is 0.263 e. The minimum atomic E-state index is -0.521. The second-order valence-corrected chi connectivity index (χ2v) is 7.54. The third-order valence-corrected chi connectivity index (χ3v) is 5.09. The van der Waals surface area contributed by atoms with Gasteiger partial charge in [0, 0.05) is 29.4 Å². The number of rotatable bonds is 3. The number of carbonyl (C=O) groups excluding carboxylic acids is 2. The first kappa shape index (κ1) is 19.1. The van der Waals surface area contributed by atoms with Crippen LogP contribution in [-0.2, 0) is 9.59 Å². The standard InChI is InChI=1S/C20H23N3O3S/c1-6-23-15-9-16(26-5)12(7-13(15)11(2)10-20(23,3)4)8-14-17(24)21-19(27)22-18(14)25/h7-10H,6H2,1-5H3,(H2,21,22,24,25,27). The third-order valence-electron chi connectivity index (χ3n) is 4.89. The number of hydrogen-bond acceptors (Lipinski definition) is 5. The number of carbonyl (C=O) groups is 2. The highest BCUT2D eigenvalue weighted by atomic mass is 32.1. The van der Waals surface area contributed by atoms with Crippen LogP contribution in [-0.4, -0.2) is 36.1 Å². The van der Waals surface area contributed by atoms with Gasteiger partial charge in [0.1, 0.15) is 11.3 Å². The van der Waals surface area contributed by atoms with Crippen molar-refractivity contribution in [1.29, 1.82) is 0 Å². The number of likely N-dealkylation sites (N-methyl/N-ethyl adjacent to an activating group) is 1. The predicted molar refractivity (Wildman–Crippen MR) is 111 cm³/mol. The quantitative estimate of drug-likeness (QED) is 0.476. The van der Waals surface area contributed by atoms with Gasteiger partial charge in [-0.15, -0.1) is 0 Å². The van der Waals surface area contributed by atoms with Crippen LogP contribution in [0.25, 0.3) is 11.6 Å². The molecule has 1 aromatic carbocycles. The van der Waals surface area contributed by atoms with E-state index in [0.717, 1.165) is 23.4 Å². The molecule has 0 unspecified atom stereocenters. The topological polar surface area (TPSA) is 70.7 Å². The molecule has 1 saturated heterocycles. The minimum Gasteiger partial charge on any atom is -0.496 e. The van der Waals surface area contributed by atoms with Gasteiger partial charge in [-0.25, -0.2) is 0 Å². The van der Waals surface area contributed by atoms with Crippen molar-refractivity contribution in [3.63, 3.8) is 0 Å². The Labute approximate surface area is 164 Å². The van der Waals surface area contributed by atoms with E-state index < -0.39 is 11.8 Å². The highest BCUT2D eigenvalue weighted by Crippen LogP contribution is 2.42. The molecule has 142 valence electrons. The van der Waals surface area contributed by atoms with Crippen LogP contribution >= 0.6 is 12.2 Å². The van der Waals surface area contributed by atoms with E-state index in [-0.39, 0.29) is 16.2 Å². The molecule has 6 nitrogen and oxygen atoms in total. The monoisotopic (exact) mass is 385 g/mol. The third kappa shape index (κ3) is 3.35. The molecule has 2 aliphatic rings. The molecule has 2 N–H and O–H groups in total. The maximum atomic E-state index is 12.2. The summed E-state index contributed by atoms with van der Waals surface area (Å²) in [5, 5.41) is 4.91. The number of nitrogens with zero attached hydrogens (tertiary/aromatic N) is 1. The summed E-state index contributed by atoms with van der Waals surface area (Å²) in [6.45, 7) is 9.36. The van der Waals surface area contributed by atoms with Crippen molar-refractivity contribution < 1.29 is 14.3 Å². The molecular weight excluding hydrogens is 362 g/mol. The van der Waals surface area contributed by atoms with Gasteiger partial charge in [0.05, 0.1) is 12.6 Å².